The summed E-state index contributed by atoms with van der Waals surface area (Å²) in [6.45, 7) is 5.44. The van der Waals surface area contributed by atoms with Crippen LogP contribution in [0.15, 0.2) is 47.6 Å². The second kappa shape index (κ2) is 11.0. The number of amides is 1. The van der Waals surface area contributed by atoms with Crippen LogP contribution in [0.2, 0.25) is 0 Å². The molecule has 4 rings (SSSR count). The summed E-state index contributed by atoms with van der Waals surface area (Å²) in [5.41, 5.74) is 0.916. The number of nitrogens with zero attached hydrogens (tertiary/aromatic N) is 3. The maximum atomic E-state index is 14.4. The minimum Gasteiger partial charge on any atom is -0.493 e. The van der Waals surface area contributed by atoms with Crippen LogP contribution in [0.5, 0.6) is 5.75 Å². The van der Waals surface area contributed by atoms with E-state index in [1.165, 1.54) is 30.5 Å². The van der Waals surface area contributed by atoms with Gasteiger partial charge in [0.2, 0.25) is 0 Å². The number of ether oxygens (including phenoxy) is 1. The zero-order valence-corrected chi connectivity index (χ0v) is 21.4. The number of piperidine rings is 1. The molecule has 0 aliphatic carbocycles. The quantitative estimate of drug-likeness (QED) is 0.432. The minimum absolute atomic E-state index is 0.0472. The number of pyridine rings is 1. The number of rotatable bonds is 8. The molecule has 3 heterocycles. The maximum absolute atomic E-state index is 14.4. The SMILES string of the molecule is C#CC1CCCN(c2nc(-c3cc(F)cc(OCC(C)C)c3)ccc2C(=O)NS(=O)(=O)c2ccn[nH]2)C1. The summed E-state index contributed by atoms with van der Waals surface area (Å²) in [7, 11) is -4.18. The van der Waals surface area contributed by atoms with Gasteiger partial charge in [0.05, 0.1) is 24.1 Å². The molecule has 37 heavy (non-hydrogen) atoms. The highest BCUT2D eigenvalue weighted by Crippen LogP contribution is 2.30. The van der Waals surface area contributed by atoms with Crippen molar-refractivity contribution in [3.05, 3.63) is 54.0 Å². The summed E-state index contributed by atoms with van der Waals surface area (Å²) < 4.78 is 47.4. The Bertz CT molecular complexity index is 1420. The normalized spacial score (nSPS) is 15.9. The van der Waals surface area contributed by atoms with Crippen LogP contribution in [0.3, 0.4) is 0 Å². The summed E-state index contributed by atoms with van der Waals surface area (Å²) in [5.74, 6) is 2.25. The van der Waals surface area contributed by atoms with Gasteiger partial charge in [-0.25, -0.2) is 14.1 Å². The number of carbonyl (C=O) groups is 1. The topological polar surface area (TPSA) is 117 Å². The van der Waals surface area contributed by atoms with E-state index in [4.69, 9.17) is 11.2 Å². The van der Waals surface area contributed by atoms with Crippen molar-refractivity contribution in [3.8, 4) is 29.4 Å². The molecule has 1 atom stereocenters. The Morgan fingerprint density at radius 1 is 1.32 bits per heavy atom. The van der Waals surface area contributed by atoms with Gasteiger partial charge in [-0.15, -0.1) is 12.3 Å². The number of hydrogen-bond donors (Lipinski definition) is 2. The number of terminal acetylenes is 1. The Kier molecular flexibility index (Phi) is 7.78. The van der Waals surface area contributed by atoms with E-state index in [0.29, 0.717) is 36.7 Å². The molecular weight excluding hydrogens is 497 g/mol. The van der Waals surface area contributed by atoms with Gasteiger partial charge in [-0.3, -0.25) is 9.89 Å². The van der Waals surface area contributed by atoms with Gasteiger partial charge in [-0.1, -0.05) is 13.8 Å². The molecule has 2 aromatic heterocycles. The van der Waals surface area contributed by atoms with Crippen molar-refractivity contribution in [2.45, 2.75) is 31.7 Å². The third-order valence-corrected chi connectivity index (χ3v) is 7.08. The van der Waals surface area contributed by atoms with Crippen molar-refractivity contribution in [3.63, 3.8) is 0 Å². The second-order valence-electron chi connectivity index (χ2n) is 9.26. The van der Waals surface area contributed by atoms with E-state index in [9.17, 15) is 17.6 Å². The maximum Gasteiger partial charge on any atom is 0.281 e. The number of sulfonamides is 1. The van der Waals surface area contributed by atoms with Crippen molar-refractivity contribution in [2.24, 2.45) is 11.8 Å². The Labute approximate surface area is 215 Å². The lowest BCUT2D eigenvalue weighted by molar-refractivity contribution is 0.0981. The summed E-state index contributed by atoms with van der Waals surface area (Å²) >= 11 is 0. The number of nitrogens with one attached hydrogen (secondary N) is 2. The van der Waals surface area contributed by atoms with Gasteiger partial charge in [0.1, 0.15) is 17.4 Å². The van der Waals surface area contributed by atoms with Crippen LogP contribution in [-0.4, -0.2) is 49.2 Å². The van der Waals surface area contributed by atoms with Crippen LogP contribution in [0.1, 0.15) is 37.0 Å². The molecule has 1 fully saturated rings. The Balaban J connectivity index is 1.73. The second-order valence-corrected chi connectivity index (χ2v) is 10.9. The summed E-state index contributed by atoms with van der Waals surface area (Å²) in [6, 6.07) is 8.58. The van der Waals surface area contributed by atoms with Gasteiger partial charge in [0.25, 0.3) is 15.9 Å². The Morgan fingerprint density at radius 2 is 2.14 bits per heavy atom. The zero-order valence-electron chi connectivity index (χ0n) is 20.6. The third kappa shape index (κ3) is 6.27. The van der Waals surface area contributed by atoms with Gasteiger partial charge in [0, 0.05) is 30.6 Å². The smallest absolute Gasteiger partial charge is 0.281 e. The number of halogens is 1. The molecule has 11 heteroatoms. The molecule has 0 saturated carbocycles. The third-order valence-electron chi connectivity index (χ3n) is 5.82. The highest BCUT2D eigenvalue weighted by Gasteiger charge is 2.27. The average molecular weight is 526 g/mol. The van der Waals surface area contributed by atoms with E-state index in [-0.39, 0.29) is 28.2 Å². The standard InChI is InChI=1S/C26H28FN5O4S/c1-4-18-6-5-11-32(15-18)25-22(26(33)31-37(34,35)24-9-10-28-30-24)7-8-23(29-25)19-12-20(27)14-21(13-19)36-16-17(2)3/h1,7-10,12-14,17-18H,5-6,11,15-16H2,2-3H3,(H,28,30)(H,31,33). The lowest BCUT2D eigenvalue weighted by Crippen LogP contribution is -2.38. The van der Waals surface area contributed by atoms with Gasteiger partial charge in [0.15, 0.2) is 5.03 Å². The van der Waals surface area contributed by atoms with Crippen LogP contribution in [0.25, 0.3) is 11.3 Å². The van der Waals surface area contributed by atoms with Crippen LogP contribution in [-0.2, 0) is 10.0 Å². The number of anilines is 1. The van der Waals surface area contributed by atoms with Gasteiger partial charge in [-0.2, -0.15) is 13.5 Å². The molecule has 1 aromatic carbocycles. The van der Waals surface area contributed by atoms with E-state index in [2.05, 4.69) is 25.8 Å². The summed E-state index contributed by atoms with van der Waals surface area (Å²) in [4.78, 5) is 19.7. The number of hydrogen-bond acceptors (Lipinski definition) is 7. The molecule has 1 saturated heterocycles. The largest absolute Gasteiger partial charge is 0.493 e. The molecule has 0 spiro atoms. The van der Waals surface area contributed by atoms with E-state index < -0.39 is 21.7 Å². The van der Waals surface area contributed by atoms with Crippen molar-refractivity contribution >= 4 is 21.7 Å². The predicted molar refractivity (Wildman–Crippen MR) is 137 cm³/mol. The molecule has 1 amide bonds. The summed E-state index contributed by atoms with van der Waals surface area (Å²) in [6.07, 6.45) is 8.55. The van der Waals surface area contributed by atoms with Crippen molar-refractivity contribution in [1.82, 2.24) is 19.9 Å². The number of benzene rings is 1. The molecule has 1 aliphatic rings. The lowest BCUT2D eigenvalue weighted by Gasteiger charge is -2.32. The van der Waals surface area contributed by atoms with Crippen LogP contribution in [0, 0.1) is 30.0 Å². The first-order valence-corrected chi connectivity index (χ1v) is 13.4. The molecular formula is C26H28FN5O4S. The molecule has 0 bridgehead atoms. The first kappa shape index (κ1) is 26.2. The van der Waals surface area contributed by atoms with E-state index in [1.54, 1.807) is 12.1 Å². The number of aromatic nitrogens is 3. The Morgan fingerprint density at radius 3 is 2.84 bits per heavy atom. The first-order chi connectivity index (χ1) is 17.7. The minimum atomic E-state index is -4.18. The monoisotopic (exact) mass is 525 g/mol. The van der Waals surface area contributed by atoms with Crippen molar-refractivity contribution in [2.75, 3.05) is 24.6 Å². The molecule has 3 aromatic rings. The summed E-state index contributed by atoms with van der Waals surface area (Å²) in [5, 5.41) is 5.71. The van der Waals surface area contributed by atoms with E-state index >= 15 is 0 Å². The number of carbonyl (C=O) groups excluding carboxylic acids is 1. The fourth-order valence-electron chi connectivity index (χ4n) is 4.01. The number of H-pyrrole nitrogens is 1. The average Bonchev–Trinajstić information content (AvgIpc) is 3.43. The van der Waals surface area contributed by atoms with Crippen LogP contribution < -0.4 is 14.4 Å². The predicted octanol–water partition coefficient (Wildman–Crippen LogP) is 3.61. The van der Waals surface area contributed by atoms with E-state index in [1.807, 2.05) is 18.7 Å². The first-order valence-electron chi connectivity index (χ1n) is 11.9. The molecule has 194 valence electrons. The molecule has 1 aliphatic heterocycles. The lowest BCUT2D eigenvalue weighted by atomic mass is 9.98. The van der Waals surface area contributed by atoms with E-state index in [0.717, 1.165) is 12.8 Å². The molecule has 1 unspecified atom stereocenters. The fraction of sp³-hybridized carbons (Fsp3) is 0.346. The highest BCUT2D eigenvalue weighted by molar-refractivity contribution is 7.90. The highest BCUT2D eigenvalue weighted by atomic mass is 32.2. The number of aromatic amines is 1. The van der Waals surface area contributed by atoms with Crippen LogP contribution in [0.4, 0.5) is 10.2 Å². The molecule has 9 nitrogen and oxygen atoms in total. The Hall–Kier alpha value is -3.91. The zero-order chi connectivity index (χ0) is 26.6. The van der Waals surface area contributed by atoms with Crippen molar-refractivity contribution < 1.29 is 22.3 Å². The van der Waals surface area contributed by atoms with Gasteiger partial charge < -0.3 is 9.64 Å². The molecule has 0 radical (unpaired) electrons. The van der Waals surface area contributed by atoms with Crippen molar-refractivity contribution in [1.29, 1.82) is 0 Å². The molecule has 2 N–H and O–H groups in total. The fourth-order valence-corrected chi connectivity index (χ4v) is 4.89. The van der Waals surface area contributed by atoms with Gasteiger partial charge >= 0.3 is 0 Å². The van der Waals surface area contributed by atoms with Gasteiger partial charge in [-0.05, 0) is 49.1 Å². The van der Waals surface area contributed by atoms with Crippen LogP contribution >= 0.6 is 0 Å².